The molecular weight excluding hydrogens is 452 g/mol. The van der Waals surface area contributed by atoms with Crippen molar-refractivity contribution in [2.45, 2.75) is 12.1 Å². The lowest BCUT2D eigenvalue weighted by Crippen LogP contribution is -2.14. The zero-order valence-corrected chi connectivity index (χ0v) is 17.7. The maximum atomic E-state index is 12.2. The lowest BCUT2D eigenvalue weighted by atomic mass is 10.2. The topological polar surface area (TPSA) is 80.0 Å². The molecular formula is C18H16BrClN4O2S. The number of aromatic hydroxyl groups is 1. The number of benzene rings is 2. The van der Waals surface area contributed by atoms with Crippen molar-refractivity contribution < 1.29 is 9.90 Å². The second-order valence-corrected chi connectivity index (χ2v) is 8.09. The van der Waals surface area contributed by atoms with E-state index in [4.69, 9.17) is 11.6 Å². The van der Waals surface area contributed by atoms with E-state index in [1.54, 1.807) is 41.9 Å². The lowest BCUT2D eigenvalue weighted by molar-refractivity contribution is -0.113. The number of halogens is 2. The van der Waals surface area contributed by atoms with Crippen LogP contribution in [0, 0.1) is 6.92 Å². The van der Waals surface area contributed by atoms with Gasteiger partial charge in [0.05, 0.1) is 11.3 Å². The highest BCUT2D eigenvalue weighted by molar-refractivity contribution is 9.10. The molecule has 27 heavy (non-hydrogen) atoms. The number of thioether (sulfide) groups is 1. The first-order valence-corrected chi connectivity index (χ1v) is 10.1. The van der Waals surface area contributed by atoms with Gasteiger partial charge in [-0.15, -0.1) is 10.2 Å². The van der Waals surface area contributed by atoms with Crippen molar-refractivity contribution in [2.75, 3.05) is 11.1 Å². The molecule has 1 amide bonds. The summed E-state index contributed by atoms with van der Waals surface area (Å²) < 4.78 is 2.56. The maximum absolute atomic E-state index is 12.2. The number of aryl methyl sites for hydroxylation is 1. The number of phenolic OH excluding ortho intramolecular Hbond substituents is 1. The average molecular weight is 468 g/mol. The van der Waals surface area contributed by atoms with Gasteiger partial charge in [-0.05, 0) is 42.8 Å². The van der Waals surface area contributed by atoms with Crippen LogP contribution in [0.1, 0.15) is 5.56 Å². The van der Waals surface area contributed by atoms with Crippen molar-refractivity contribution in [3.8, 4) is 17.1 Å². The molecule has 6 nitrogen and oxygen atoms in total. The van der Waals surface area contributed by atoms with E-state index in [0.29, 0.717) is 27.3 Å². The molecule has 0 aliphatic carbocycles. The minimum Gasteiger partial charge on any atom is -0.507 e. The molecule has 1 heterocycles. The lowest BCUT2D eigenvalue weighted by Gasteiger charge is -2.07. The van der Waals surface area contributed by atoms with Crippen molar-refractivity contribution in [1.29, 1.82) is 0 Å². The fraction of sp³-hybridized carbons (Fsp3) is 0.167. The number of amides is 1. The highest BCUT2D eigenvalue weighted by Gasteiger charge is 2.16. The Morgan fingerprint density at radius 1 is 1.30 bits per heavy atom. The van der Waals surface area contributed by atoms with Crippen LogP contribution in [0.5, 0.6) is 5.75 Å². The summed E-state index contributed by atoms with van der Waals surface area (Å²) in [6, 6.07) is 10.5. The van der Waals surface area contributed by atoms with Crippen molar-refractivity contribution in [2.24, 2.45) is 7.05 Å². The highest BCUT2D eigenvalue weighted by Crippen LogP contribution is 2.32. The molecule has 0 atom stereocenters. The third kappa shape index (κ3) is 4.63. The summed E-state index contributed by atoms with van der Waals surface area (Å²) in [6.07, 6.45) is 0. The molecule has 0 aliphatic heterocycles. The largest absolute Gasteiger partial charge is 0.507 e. The van der Waals surface area contributed by atoms with Gasteiger partial charge in [0, 0.05) is 22.2 Å². The molecule has 0 spiro atoms. The van der Waals surface area contributed by atoms with E-state index in [1.165, 1.54) is 11.8 Å². The number of nitrogens with zero attached hydrogens (tertiary/aromatic N) is 3. The Morgan fingerprint density at radius 3 is 2.81 bits per heavy atom. The number of carbonyl (C=O) groups excluding carboxylic acids is 1. The highest BCUT2D eigenvalue weighted by atomic mass is 79.9. The summed E-state index contributed by atoms with van der Waals surface area (Å²) in [6.45, 7) is 1.90. The normalized spacial score (nSPS) is 10.8. The van der Waals surface area contributed by atoms with E-state index in [2.05, 4.69) is 31.4 Å². The molecule has 2 aromatic carbocycles. The van der Waals surface area contributed by atoms with Crippen LogP contribution in [0.2, 0.25) is 5.02 Å². The Bertz CT molecular complexity index is 1010. The SMILES string of the molecule is Cc1ccc(NC(=O)CSc2nnc(-c3cc(Br)ccc3O)n2C)cc1Cl. The van der Waals surface area contributed by atoms with Crippen LogP contribution in [-0.2, 0) is 11.8 Å². The van der Waals surface area contributed by atoms with Crippen LogP contribution < -0.4 is 5.32 Å². The first kappa shape index (κ1) is 19.7. The Balaban J connectivity index is 1.68. The van der Waals surface area contributed by atoms with Gasteiger partial charge in [-0.2, -0.15) is 0 Å². The second-order valence-electron chi connectivity index (χ2n) is 5.83. The first-order chi connectivity index (χ1) is 12.8. The molecule has 0 fully saturated rings. The van der Waals surface area contributed by atoms with Crippen LogP contribution in [0.25, 0.3) is 11.4 Å². The molecule has 3 rings (SSSR count). The number of hydrogen-bond donors (Lipinski definition) is 2. The summed E-state index contributed by atoms with van der Waals surface area (Å²) in [7, 11) is 1.79. The smallest absolute Gasteiger partial charge is 0.234 e. The van der Waals surface area contributed by atoms with Gasteiger partial charge in [-0.25, -0.2) is 0 Å². The Hall–Kier alpha value is -2.03. The molecule has 0 unspecified atom stereocenters. The van der Waals surface area contributed by atoms with Crippen molar-refractivity contribution in [3.05, 3.63) is 51.5 Å². The van der Waals surface area contributed by atoms with Gasteiger partial charge in [0.15, 0.2) is 11.0 Å². The number of anilines is 1. The van der Waals surface area contributed by atoms with E-state index in [0.717, 1.165) is 10.0 Å². The van der Waals surface area contributed by atoms with Gasteiger partial charge in [0.1, 0.15) is 5.75 Å². The fourth-order valence-electron chi connectivity index (χ4n) is 2.36. The predicted octanol–water partition coefficient (Wildman–Crippen LogP) is 4.64. The minimum absolute atomic E-state index is 0.110. The van der Waals surface area contributed by atoms with E-state index >= 15 is 0 Å². The molecule has 0 saturated carbocycles. The monoisotopic (exact) mass is 466 g/mol. The molecule has 2 N–H and O–H groups in total. The maximum Gasteiger partial charge on any atom is 0.234 e. The molecule has 0 radical (unpaired) electrons. The number of aromatic nitrogens is 3. The molecule has 3 aromatic rings. The molecule has 0 bridgehead atoms. The van der Waals surface area contributed by atoms with Crippen LogP contribution in [-0.4, -0.2) is 31.5 Å². The average Bonchev–Trinajstić information content (AvgIpc) is 2.99. The Morgan fingerprint density at radius 2 is 2.07 bits per heavy atom. The molecule has 9 heteroatoms. The quantitative estimate of drug-likeness (QED) is 0.534. The van der Waals surface area contributed by atoms with E-state index < -0.39 is 0 Å². The van der Waals surface area contributed by atoms with Crippen LogP contribution in [0.4, 0.5) is 5.69 Å². The van der Waals surface area contributed by atoms with E-state index in [-0.39, 0.29) is 17.4 Å². The summed E-state index contributed by atoms with van der Waals surface area (Å²) in [5, 5.41) is 22.3. The van der Waals surface area contributed by atoms with Crippen molar-refractivity contribution in [3.63, 3.8) is 0 Å². The standard InChI is InChI=1S/C18H16BrClN4O2S/c1-10-3-5-12(8-14(10)20)21-16(26)9-27-18-23-22-17(24(18)2)13-7-11(19)4-6-15(13)25/h3-8,25H,9H2,1-2H3,(H,21,26). The number of carbonyl (C=O) groups is 1. The van der Waals surface area contributed by atoms with E-state index in [9.17, 15) is 9.90 Å². The third-order valence-electron chi connectivity index (χ3n) is 3.82. The molecule has 140 valence electrons. The van der Waals surface area contributed by atoms with Gasteiger partial charge in [0.2, 0.25) is 5.91 Å². The number of rotatable bonds is 5. The Labute approximate surface area is 174 Å². The zero-order valence-electron chi connectivity index (χ0n) is 14.5. The molecule has 0 aliphatic rings. The summed E-state index contributed by atoms with van der Waals surface area (Å²) >= 11 is 10.7. The fourth-order valence-corrected chi connectivity index (χ4v) is 3.61. The Kier molecular flexibility index (Phi) is 6.08. The van der Waals surface area contributed by atoms with Gasteiger partial charge in [-0.3, -0.25) is 4.79 Å². The van der Waals surface area contributed by atoms with Crippen LogP contribution in [0.3, 0.4) is 0 Å². The first-order valence-electron chi connectivity index (χ1n) is 7.92. The molecule has 0 saturated heterocycles. The van der Waals surface area contributed by atoms with Crippen molar-refractivity contribution >= 4 is 50.9 Å². The van der Waals surface area contributed by atoms with Gasteiger partial charge >= 0.3 is 0 Å². The van der Waals surface area contributed by atoms with Crippen molar-refractivity contribution in [1.82, 2.24) is 14.8 Å². The van der Waals surface area contributed by atoms with Gasteiger partial charge in [0.25, 0.3) is 0 Å². The predicted molar refractivity (Wildman–Crippen MR) is 111 cm³/mol. The van der Waals surface area contributed by atoms with Crippen LogP contribution in [0.15, 0.2) is 46.0 Å². The zero-order chi connectivity index (χ0) is 19.6. The number of nitrogens with one attached hydrogen (secondary N) is 1. The molecule has 1 aromatic heterocycles. The second kappa shape index (κ2) is 8.33. The number of phenols is 1. The van der Waals surface area contributed by atoms with Gasteiger partial charge < -0.3 is 15.0 Å². The number of hydrogen-bond acceptors (Lipinski definition) is 5. The summed E-state index contributed by atoms with van der Waals surface area (Å²) in [5.41, 5.74) is 2.16. The third-order valence-corrected chi connectivity index (χ3v) is 5.74. The summed E-state index contributed by atoms with van der Waals surface area (Å²) in [5.74, 6) is 0.623. The van der Waals surface area contributed by atoms with E-state index in [1.807, 2.05) is 13.0 Å². The van der Waals surface area contributed by atoms with Crippen LogP contribution >= 0.6 is 39.3 Å². The minimum atomic E-state index is -0.172. The summed E-state index contributed by atoms with van der Waals surface area (Å²) in [4.78, 5) is 12.2. The van der Waals surface area contributed by atoms with Gasteiger partial charge in [-0.1, -0.05) is 45.4 Å².